The fourth-order valence-electron chi connectivity index (χ4n) is 2.82. The maximum absolute atomic E-state index is 12.2. The Labute approximate surface area is 117 Å². The van der Waals surface area contributed by atoms with Gasteiger partial charge in [-0.05, 0) is 26.3 Å². The molecule has 3 N–H and O–H groups in total. The van der Waals surface area contributed by atoms with Gasteiger partial charge in [0.05, 0.1) is 5.69 Å². The van der Waals surface area contributed by atoms with Crippen LogP contribution >= 0.6 is 11.3 Å². The Morgan fingerprint density at radius 2 is 2.37 bits per heavy atom. The van der Waals surface area contributed by atoms with Gasteiger partial charge in [0, 0.05) is 36.5 Å². The number of hydrogen-bond donors (Lipinski definition) is 2. The molecule has 1 aromatic heterocycles. The van der Waals surface area contributed by atoms with Gasteiger partial charge in [-0.1, -0.05) is 0 Å². The average Bonchev–Trinajstić information content (AvgIpc) is 2.96. The van der Waals surface area contributed by atoms with Crippen molar-refractivity contribution in [1.82, 2.24) is 15.2 Å². The van der Waals surface area contributed by atoms with Gasteiger partial charge in [-0.15, -0.1) is 11.3 Å². The van der Waals surface area contributed by atoms with Gasteiger partial charge in [0.25, 0.3) is 5.91 Å². The third-order valence-electron chi connectivity index (χ3n) is 4.00. The van der Waals surface area contributed by atoms with Gasteiger partial charge in [-0.3, -0.25) is 4.79 Å². The zero-order chi connectivity index (χ0) is 13.4. The number of aromatic nitrogens is 1. The smallest absolute Gasteiger partial charge is 0.280 e. The Morgan fingerprint density at radius 1 is 1.53 bits per heavy atom. The first kappa shape index (κ1) is 13.0. The van der Waals surface area contributed by atoms with E-state index in [1.54, 1.807) is 0 Å². The van der Waals surface area contributed by atoms with E-state index < -0.39 is 0 Å². The van der Waals surface area contributed by atoms with E-state index in [1.165, 1.54) is 16.2 Å². The van der Waals surface area contributed by atoms with Gasteiger partial charge in [-0.25, -0.2) is 4.98 Å². The van der Waals surface area contributed by atoms with Gasteiger partial charge in [0.15, 0.2) is 5.01 Å². The van der Waals surface area contributed by atoms with E-state index in [2.05, 4.69) is 22.2 Å². The maximum Gasteiger partial charge on any atom is 0.280 e. The number of thiazole rings is 1. The molecule has 1 aliphatic carbocycles. The lowest BCUT2D eigenvalue weighted by Gasteiger charge is -2.20. The van der Waals surface area contributed by atoms with Crippen LogP contribution in [0, 0.1) is 0 Å². The minimum atomic E-state index is -0.0515. The highest BCUT2D eigenvalue weighted by Crippen LogP contribution is 2.25. The van der Waals surface area contributed by atoms with Crippen LogP contribution in [0.5, 0.6) is 0 Å². The lowest BCUT2D eigenvalue weighted by molar-refractivity contribution is 0.0934. The fraction of sp³-hybridized carbons (Fsp3) is 0.692. The van der Waals surface area contributed by atoms with Crippen molar-refractivity contribution < 1.29 is 4.79 Å². The van der Waals surface area contributed by atoms with Crippen LogP contribution in [0.1, 0.15) is 39.6 Å². The zero-order valence-electron chi connectivity index (χ0n) is 11.2. The van der Waals surface area contributed by atoms with Crippen LogP contribution in [-0.4, -0.2) is 41.5 Å². The van der Waals surface area contributed by atoms with E-state index in [9.17, 15) is 4.79 Å². The highest BCUT2D eigenvalue weighted by molar-refractivity contribution is 7.13. The van der Waals surface area contributed by atoms with Crippen molar-refractivity contribution in [2.24, 2.45) is 5.73 Å². The monoisotopic (exact) mass is 280 g/mol. The number of nitrogens with two attached hydrogens (primary N) is 1. The second-order valence-electron chi connectivity index (χ2n) is 5.55. The molecule has 0 spiro atoms. The van der Waals surface area contributed by atoms with Crippen molar-refractivity contribution in [3.63, 3.8) is 0 Å². The van der Waals surface area contributed by atoms with Crippen LogP contribution in [0.15, 0.2) is 0 Å². The predicted molar refractivity (Wildman–Crippen MR) is 75.2 cm³/mol. The number of fused-ring (bicyclic) bond motifs is 1. The summed E-state index contributed by atoms with van der Waals surface area (Å²) < 4.78 is 0. The van der Waals surface area contributed by atoms with E-state index >= 15 is 0 Å². The van der Waals surface area contributed by atoms with Crippen molar-refractivity contribution in [1.29, 1.82) is 0 Å². The number of amides is 1. The maximum atomic E-state index is 12.2. The van der Waals surface area contributed by atoms with Crippen molar-refractivity contribution >= 4 is 17.2 Å². The Morgan fingerprint density at radius 3 is 3.11 bits per heavy atom. The first-order valence-electron chi connectivity index (χ1n) is 6.87. The molecule has 2 heterocycles. The summed E-state index contributed by atoms with van der Waals surface area (Å²) in [7, 11) is 2.10. The van der Waals surface area contributed by atoms with Crippen LogP contribution in [0.4, 0.5) is 0 Å². The first-order valence-corrected chi connectivity index (χ1v) is 7.68. The summed E-state index contributed by atoms with van der Waals surface area (Å²) in [5.41, 5.74) is 7.08. The summed E-state index contributed by atoms with van der Waals surface area (Å²) in [4.78, 5) is 20.2. The van der Waals surface area contributed by atoms with Crippen LogP contribution in [0.3, 0.4) is 0 Å². The molecule has 2 atom stereocenters. The van der Waals surface area contributed by atoms with E-state index in [0.29, 0.717) is 5.01 Å². The number of nitrogens with zero attached hydrogens (tertiary/aromatic N) is 2. The van der Waals surface area contributed by atoms with Gasteiger partial charge in [-0.2, -0.15) is 0 Å². The normalized spacial score (nSPS) is 27.3. The van der Waals surface area contributed by atoms with Crippen molar-refractivity contribution in [2.45, 2.75) is 44.3 Å². The standard InChI is InChI=1S/C13H20N4OS/c1-17-6-5-10-11(7-17)19-13(16-10)12(18)15-9-4-2-3-8(9)14/h8-9H,2-7,14H2,1H3,(H,15,18)/t8-,9-/m0/s1. The zero-order valence-corrected chi connectivity index (χ0v) is 12.0. The summed E-state index contributed by atoms with van der Waals surface area (Å²) in [5, 5.41) is 3.63. The Hall–Kier alpha value is -0.980. The molecule has 6 heteroatoms. The second-order valence-corrected chi connectivity index (χ2v) is 6.64. The lowest BCUT2D eigenvalue weighted by atomic mass is 10.2. The Balaban J connectivity index is 1.70. The molecule has 0 radical (unpaired) electrons. The Bertz CT molecular complexity index is 487. The molecule has 0 unspecified atom stereocenters. The largest absolute Gasteiger partial charge is 0.346 e. The quantitative estimate of drug-likeness (QED) is 0.838. The minimum absolute atomic E-state index is 0.0515. The molecule has 1 aromatic rings. The summed E-state index contributed by atoms with van der Waals surface area (Å²) in [6.07, 6.45) is 4.04. The third kappa shape index (κ3) is 2.66. The highest BCUT2D eigenvalue weighted by Gasteiger charge is 2.27. The summed E-state index contributed by atoms with van der Waals surface area (Å²) >= 11 is 1.53. The van der Waals surface area contributed by atoms with Crippen LogP contribution < -0.4 is 11.1 Å². The van der Waals surface area contributed by atoms with Crippen LogP contribution in [-0.2, 0) is 13.0 Å². The number of rotatable bonds is 2. The molecule has 1 fully saturated rings. The number of carbonyl (C=O) groups is 1. The van der Waals surface area contributed by atoms with Gasteiger partial charge in [0.1, 0.15) is 0 Å². The summed E-state index contributed by atoms with van der Waals surface area (Å²) in [6, 6.07) is 0.223. The number of nitrogens with one attached hydrogen (secondary N) is 1. The molecule has 19 heavy (non-hydrogen) atoms. The van der Waals surface area contributed by atoms with Gasteiger partial charge in [0.2, 0.25) is 0 Å². The molecular weight excluding hydrogens is 260 g/mol. The van der Waals surface area contributed by atoms with Crippen molar-refractivity contribution in [2.75, 3.05) is 13.6 Å². The van der Waals surface area contributed by atoms with Crippen LogP contribution in [0.2, 0.25) is 0 Å². The molecule has 1 aliphatic heterocycles. The third-order valence-corrected chi connectivity index (χ3v) is 5.08. The molecule has 2 aliphatic rings. The van der Waals surface area contributed by atoms with Gasteiger partial charge >= 0.3 is 0 Å². The topological polar surface area (TPSA) is 71.2 Å². The van der Waals surface area contributed by atoms with Crippen LogP contribution in [0.25, 0.3) is 0 Å². The number of hydrogen-bond acceptors (Lipinski definition) is 5. The van der Waals surface area contributed by atoms with Crippen molar-refractivity contribution in [3.05, 3.63) is 15.6 Å². The van der Waals surface area contributed by atoms with E-state index in [0.717, 1.165) is 44.5 Å². The summed E-state index contributed by atoms with van der Waals surface area (Å²) in [6.45, 7) is 1.93. The average molecular weight is 280 g/mol. The Kier molecular flexibility index (Phi) is 3.56. The lowest BCUT2D eigenvalue weighted by Crippen LogP contribution is -2.43. The number of carbonyl (C=O) groups excluding carboxylic acids is 1. The van der Waals surface area contributed by atoms with E-state index in [-0.39, 0.29) is 18.0 Å². The highest BCUT2D eigenvalue weighted by atomic mass is 32.1. The number of likely N-dealkylation sites (N-methyl/N-ethyl adjacent to an activating group) is 1. The predicted octanol–water partition coefficient (Wildman–Crippen LogP) is 0.741. The molecule has 1 amide bonds. The van der Waals surface area contributed by atoms with Gasteiger partial charge < -0.3 is 16.0 Å². The molecule has 3 rings (SSSR count). The molecule has 104 valence electrons. The van der Waals surface area contributed by atoms with E-state index in [4.69, 9.17) is 5.73 Å². The molecular formula is C13H20N4OS. The molecule has 0 bridgehead atoms. The fourth-order valence-corrected chi connectivity index (χ4v) is 3.91. The SMILES string of the molecule is CN1CCc2nc(C(=O)N[C@H]3CCC[C@@H]3N)sc2C1. The summed E-state index contributed by atoms with van der Waals surface area (Å²) in [5.74, 6) is -0.0515. The molecule has 0 aromatic carbocycles. The molecule has 5 nitrogen and oxygen atoms in total. The van der Waals surface area contributed by atoms with E-state index in [1.807, 2.05) is 0 Å². The van der Waals surface area contributed by atoms with Crippen molar-refractivity contribution in [3.8, 4) is 0 Å². The molecule has 1 saturated carbocycles. The molecule has 0 saturated heterocycles. The second kappa shape index (κ2) is 5.19. The minimum Gasteiger partial charge on any atom is -0.346 e. The first-order chi connectivity index (χ1) is 9.13.